The third-order valence-electron chi connectivity index (χ3n) is 2.75. The molecule has 5 heteroatoms. The van der Waals surface area contributed by atoms with Crippen molar-refractivity contribution in [2.75, 3.05) is 25.2 Å². The average molecular weight is 269 g/mol. The fourth-order valence-electron chi connectivity index (χ4n) is 1.90. The van der Waals surface area contributed by atoms with Crippen molar-refractivity contribution in [2.24, 2.45) is 0 Å². The number of hydrogen-bond donors (Lipinski definition) is 1. The molecule has 2 atom stereocenters. The fraction of sp³-hybridized carbons (Fsp3) is 0.538. The molecule has 18 heavy (non-hydrogen) atoms. The Morgan fingerprint density at radius 3 is 2.78 bits per heavy atom. The highest BCUT2D eigenvalue weighted by Gasteiger charge is 2.12. The molecule has 1 N–H and O–H groups in total. The van der Waals surface area contributed by atoms with E-state index in [4.69, 9.17) is 9.47 Å². The van der Waals surface area contributed by atoms with Crippen LogP contribution < -0.4 is 14.8 Å². The van der Waals surface area contributed by atoms with E-state index in [2.05, 4.69) is 5.32 Å². The van der Waals surface area contributed by atoms with Crippen LogP contribution in [0.3, 0.4) is 0 Å². The van der Waals surface area contributed by atoms with Gasteiger partial charge in [0.05, 0.1) is 0 Å². The quantitative estimate of drug-likeness (QED) is 0.875. The molecule has 1 aromatic carbocycles. The van der Waals surface area contributed by atoms with E-state index < -0.39 is 10.8 Å². The Kier molecular flexibility index (Phi) is 4.60. The van der Waals surface area contributed by atoms with Gasteiger partial charge in [0.15, 0.2) is 11.5 Å². The number of rotatable bonds is 5. The second kappa shape index (κ2) is 6.20. The summed E-state index contributed by atoms with van der Waals surface area (Å²) in [6, 6.07) is 6.20. The molecule has 0 fully saturated rings. The van der Waals surface area contributed by atoms with Gasteiger partial charge < -0.3 is 14.8 Å². The first-order valence-corrected chi connectivity index (χ1v) is 7.80. The summed E-state index contributed by atoms with van der Waals surface area (Å²) >= 11 is 0. The second-order valence-corrected chi connectivity index (χ2v) is 5.98. The topological polar surface area (TPSA) is 47.6 Å². The van der Waals surface area contributed by atoms with Gasteiger partial charge in [0.25, 0.3) is 0 Å². The van der Waals surface area contributed by atoms with Gasteiger partial charge in [0.1, 0.15) is 13.2 Å². The summed E-state index contributed by atoms with van der Waals surface area (Å²) in [6.07, 6.45) is 1.72. The Balaban J connectivity index is 1.91. The molecule has 0 bridgehead atoms. The molecule has 0 amide bonds. The van der Waals surface area contributed by atoms with Crippen LogP contribution in [0.4, 0.5) is 0 Å². The van der Waals surface area contributed by atoms with Crippen molar-refractivity contribution in [3.05, 3.63) is 23.8 Å². The van der Waals surface area contributed by atoms with E-state index in [0.717, 1.165) is 23.6 Å². The minimum Gasteiger partial charge on any atom is -0.486 e. The Morgan fingerprint density at radius 1 is 1.33 bits per heavy atom. The van der Waals surface area contributed by atoms with Crippen LogP contribution >= 0.6 is 0 Å². The molecule has 100 valence electrons. The van der Waals surface area contributed by atoms with Gasteiger partial charge in [-0.05, 0) is 24.6 Å². The van der Waals surface area contributed by atoms with Crippen molar-refractivity contribution in [2.45, 2.75) is 19.5 Å². The lowest BCUT2D eigenvalue weighted by molar-refractivity contribution is 0.171. The summed E-state index contributed by atoms with van der Waals surface area (Å²) in [5, 5.41) is 3.35. The van der Waals surface area contributed by atoms with Gasteiger partial charge in [-0.25, -0.2) is 0 Å². The molecule has 4 nitrogen and oxygen atoms in total. The van der Waals surface area contributed by atoms with E-state index in [9.17, 15) is 4.21 Å². The molecule has 0 spiro atoms. The maximum Gasteiger partial charge on any atom is 0.161 e. The maximum atomic E-state index is 11.1. The van der Waals surface area contributed by atoms with Crippen molar-refractivity contribution in [3.8, 4) is 11.5 Å². The number of fused-ring (bicyclic) bond motifs is 1. The lowest BCUT2D eigenvalue weighted by Gasteiger charge is -2.19. The molecular weight excluding hydrogens is 250 g/mol. The standard InChI is InChI=1S/C13H19NO3S/c1-10(9-18(2)15)14-8-11-3-4-12-13(7-11)17-6-5-16-12/h3-4,7,10,14H,5-6,8-9H2,1-2H3. The maximum absolute atomic E-state index is 11.1. The van der Waals surface area contributed by atoms with Crippen LogP contribution in [0.5, 0.6) is 11.5 Å². The molecule has 0 radical (unpaired) electrons. The summed E-state index contributed by atoms with van der Waals surface area (Å²) < 4.78 is 22.1. The predicted octanol–water partition coefficient (Wildman–Crippen LogP) is 1.31. The summed E-state index contributed by atoms with van der Waals surface area (Å²) in [5.74, 6) is 2.30. The summed E-state index contributed by atoms with van der Waals surface area (Å²) in [6.45, 7) is 4.01. The second-order valence-electron chi connectivity index (χ2n) is 4.50. The van der Waals surface area contributed by atoms with Crippen LogP contribution in [0.25, 0.3) is 0 Å². The van der Waals surface area contributed by atoms with Crippen molar-refractivity contribution in [3.63, 3.8) is 0 Å². The highest BCUT2D eigenvalue weighted by molar-refractivity contribution is 7.84. The van der Waals surface area contributed by atoms with Gasteiger partial charge in [0, 0.05) is 35.4 Å². The third kappa shape index (κ3) is 3.71. The Bertz CT molecular complexity index is 436. The van der Waals surface area contributed by atoms with E-state index in [1.165, 1.54) is 0 Å². The largest absolute Gasteiger partial charge is 0.486 e. The predicted molar refractivity (Wildman–Crippen MR) is 72.7 cm³/mol. The van der Waals surface area contributed by atoms with Gasteiger partial charge in [-0.2, -0.15) is 0 Å². The van der Waals surface area contributed by atoms with Crippen LogP contribution in [0.15, 0.2) is 18.2 Å². The van der Waals surface area contributed by atoms with Crippen molar-refractivity contribution < 1.29 is 13.7 Å². The average Bonchev–Trinajstić information content (AvgIpc) is 2.35. The highest BCUT2D eigenvalue weighted by Crippen LogP contribution is 2.30. The van der Waals surface area contributed by atoms with E-state index in [1.807, 2.05) is 25.1 Å². The lowest BCUT2D eigenvalue weighted by Crippen LogP contribution is -2.30. The smallest absolute Gasteiger partial charge is 0.161 e. The minimum atomic E-state index is -0.763. The number of benzene rings is 1. The molecule has 0 aliphatic carbocycles. The van der Waals surface area contributed by atoms with E-state index in [0.29, 0.717) is 19.0 Å². The Hall–Kier alpha value is -1.07. The molecule has 1 aliphatic rings. The van der Waals surface area contributed by atoms with Crippen LogP contribution in [0.1, 0.15) is 12.5 Å². The van der Waals surface area contributed by atoms with Crippen LogP contribution in [0, 0.1) is 0 Å². The lowest BCUT2D eigenvalue weighted by atomic mass is 10.2. The van der Waals surface area contributed by atoms with Crippen LogP contribution in [-0.2, 0) is 17.3 Å². The van der Waals surface area contributed by atoms with E-state index in [1.54, 1.807) is 6.26 Å². The van der Waals surface area contributed by atoms with Crippen LogP contribution in [0.2, 0.25) is 0 Å². The van der Waals surface area contributed by atoms with Crippen molar-refractivity contribution >= 4 is 10.8 Å². The van der Waals surface area contributed by atoms with Gasteiger partial charge in [-0.3, -0.25) is 4.21 Å². The fourth-order valence-corrected chi connectivity index (χ4v) is 2.72. The molecule has 1 aromatic rings. The molecule has 2 unspecified atom stereocenters. The molecule has 1 heterocycles. The van der Waals surface area contributed by atoms with Gasteiger partial charge in [-0.15, -0.1) is 0 Å². The number of nitrogens with one attached hydrogen (secondary N) is 1. The molecular formula is C13H19NO3S. The molecule has 0 saturated carbocycles. The first-order valence-electron chi connectivity index (χ1n) is 6.07. The zero-order chi connectivity index (χ0) is 13.0. The highest BCUT2D eigenvalue weighted by atomic mass is 32.2. The van der Waals surface area contributed by atoms with Gasteiger partial charge in [0.2, 0.25) is 0 Å². The molecule has 2 rings (SSSR count). The van der Waals surface area contributed by atoms with E-state index in [-0.39, 0.29) is 6.04 Å². The summed E-state index contributed by atoms with van der Waals surface area (Å²) in [4.78, 5) is 0. The monoisotopic (exact) mass is 269 g/mol. The molecule has 1 aliphatic heterocycles. The summed E-state index contributed by atoms with van der Waals surface area (Å²) in [5.41, 5.74) is 1.15. The molecule has 0 aromatic heterocycles. The Morgan fingerprint density at radius 2 is 2.06 bits per heavy atom. The minimum absolute atomic E-state index is 0.240. The SMILES string of the molecule is CC(CS(C)=O)NCc1ccc2c(c1)OCCO2. The number of hydrogen-bond acceptors (Lipinski definition) is 4. The Labute approximate surface area is 110 Å². The van der Waals surface area contributed by atoms with Gasteiger partial charge in [-0.1, -0.05) is 6.07 Å². The normalized spacial score (nSPS) is 17.2. The number of ether oxygens (including phenoxy) is 2. The van der Waals surface area contributed by atoms with Crippen LogP contribution in [-0.4, -0.2) is 35.5 Å². The third-order valence-corrected chi connectivity index (χ3v) is 3.72. The van der Waals surface area contributed by atoms with Crippen molar-refractivity contribution in [1.29, 1.82) is 0 Å². The molecule has 0 saturated heterocycles. The van der Waals surface area contributed by atoms with Crippen molar-refractivity contribution in [1.82, 2.24) is 5.32 Å². The zero-order valence-electron chi connectivity index (χ0n) is 10.8. The summed E-state index contributed by atoms with van der Waals surface area (Å²) in [7, 11) is -0.763. The van der Waals surface area contributed by atoms with Gasteiger partial charge >= 0.3 is 0 Å². The first kappa shape index (κ1) is 13.4. The zero-order valence-corrected chi connectivity index (χ0v) is 11.6. The van der Waals surface area contributed by atoms with E-state index >= 15 is 0 Å². The first-order chi connectivity index (χ1) is 8.65.